The number of imidazole rings is 1. The summed E-state index contributed by atoms with van der Waals surface area (Å²) in [5.74, 6) is 0.429. The maximum Gasteiger partial charge on any atom is 0.258 e. The van der Waals surface area contributed by atoms with Gasteiger partial charge in [-0.3, -0.25) is 9.59 Å². The van der Waals surface area contributed by atoms with Crippen LogP contribution in [-0.2, 0) is 9.59 Å². The van der Waals surface area contributed by atoms with Crippen LogP contribution in [-0.4, -0.2) is 34.9 Å². The third-order valence-corrected chi connectivity index (χ3v) is 5.79. The number of aromatic amines is 1. The Balaban J connectivity index is 1.30. The Morgan fingerprint density at radius 3 is 2.76 bits per heavy atom. The molecule has 3 aromatic carbocycles. The second-order valence-corrected chi connectivity index (χ2v) is 8.03. The summed E-state index contributed by atoms with van der Waals surface area (Å²) in [6.45, 7) is 0.579. The maximum absolute atomic E-state index is 12.9. The zero-order valence-electron chi connectivity index (χ0n) is 18.0. The number of fused-ring (bicyclic) bond motifs is 1. The molecule has 1 fully saturated rings. The van der Waals surface area contributed by atoms with E-state index >= 15 is 0 Å². The van der Waals surface area contributed by atoms with E-state index < -0.39 is 0 Å². The number of ether oxygens (including phenoxy) is 1. The number of nitrogens with one attached hydrogen (secondary N) is 2. The normalized spacial score (nSPS) is 14.4. The van der Waals surface area contributed by atoms with E-state index in [0.29, 0.717) is 18.7 Å². The van der Waals surface area contributed by atoms with Gasteiger partial charge in [-0.25, -0.2) is 4.98 Å². The first kappa shape index (κ1) is 20.8. The Hall–Kier alpha value is -4.13. The molecule has 2 amide bonds. The maximum atomic E-state index is 12.9. The van der Waals surface area contributed by atoms with E-state index in [-0.39, 0.29) is 24.5 Å². The first-order chi connectivity index (χ1) is 16.2. The highest BCUT2D eigenvalue weighted by molar-refractivity contribution is 5.95. The SMILES string of the molecule is O=C(COc1cccc(N2CCCC2=O)c1)N[C@H](c1ccccc1)c1ccc2nc[nH]c2c1. The molecule has 0 unspecified atom stereocenters. The van der Waals surface area contributed by atoms with Crippen LogP contribution >= 0.6 is 0 Å². The van der Waals surface area contributed by atoms with Crippen molar-refractivity contribution in [1.82, 2.24) is 15.3 Å². The fourth-order valence-corrected chi connectivity index (χ4v) is 4.15. The number of H-pyrrole nitrogens is 1. The van der Waals surface area contributed by atoms with Gasteiger partial charge in [-0.2, -0.15) is 0 Å². The number of carbonyl (C=O) groups excluding carboxylic acids is 2. The van der Waals surface area contributed by atoms with E-state index in [1.165, 1.54) is 0 Å². The summed E-state index contributed by atoms with van der Waals surface area (Å²) in [6.07, 6.45) is 3.08. The minimum Gasteiger partial charge on any atom is -0.484 e. The predicted octanol–water partition coefficient (Wildman–Crippen LogP) is 3.97. The molecule has 0 aliphatic carbocycles. The summed E-state index contributed by atoms with van der Waals surface area (Å²) in [4.78, 5) is 34.0. The van der Waals surface area contributed by atoms with Gasteiger partial charge in [-0.05, 0) is 41.8 Å². The Kier molecular flexibility index (Phi) is 5.76. The van der Waals surface area contributed by atoms with Crippen molar-refractivity contribution in [2.75, 3.05) is 18.1 Å². The number of benzene rings is 3. The molecule has 33 heavy (non-hydrogen) atoms. The van der Waals surface area contributed by atoms with Crippen molar-refractivity contribution in [2.45, 2.75) is 18.9 Å². The quantitative estimate of drug-likeness (QED) is 0.455. The van der Waals surface area contributed by atoms with Gasteiger partial charge in [0.15, 0.2) is 6.61 Å². The van der Waals surface area contributed by atoms with E-state index in [1.54, 1.807) is 23.4 Å². The summed E-state index contributed by atoms with van der Waals surface area (Å²) in [5, 5.41) is 3.09. The van der Waals surface area contributed by atoms with Crippen LogP contribution in [0.15, 0.2) is 79.1 Å². The predicted molar refractivity (Wildman–Crippen MR) is 126 cm³/mol. The summed E-state index contributed by atoms with van der Waals surface area (Å²) in [7, 11) is 0. The highest BCUT2D eigenvalue weighted by Crippen LogP contribution is 2.26. The number of amides is 2. The van der Waals surface area contributed by atoms with Crippen molar-refractivity contribution in [3.63, 3.8) is 0 Å². The van der Waals surface area contributed by atoms with Crippen LogP contribution < -0.4 is 15.0 Å². The minimum absolute atomic E-state index is 0.116. The zero-order valence-corrected chi connectivity index (χ0v) is 18.0. The summed E-state index contributed by atoms with van der Waals surface area (Å²) in [5.41, 5.74) is 4.49. The third-order valence-electron chi connectivity index (χ3n) is 5.79. The molecular weight excluding hydrogens is 416 g/mol. The van der Waals surface area contributed by atoms with Gasteiger partial charge in [0.1, 0.15) is 5.75 Å². The van der Waals surface area contributed by atoms with Crippen molar-refractivity contribution in [3.05, 3.63) is 90.3 Å². The lowest BCUT2D eigenvalue weighted by atomic mass is 9.98. The second-order valence-electron chi connectivity index (χ2n) is 8.03. The lowest BCUT2D eigenvalue weighted by molar-refractivity contribution is -0.123. The molecule has 1 aliphatic rings. The lowest BCUT2D eigenvalue weighted by Crippen LogP contribution is -2.33. The zero-order chi connectivity index (χ0) is 22.6. The van der Waals surface area contributed by atoms with E-state index in [1.807, 2.05) is 60.7 Å². The van der Waals surface area contributed by atoms with Crippen LogP contribution in [0.2, 0.25) is 0 Å². The molecule has 2 N–H and O–H groups in total. The van der Waals surface area contributed by atoms with Crippen LogP contribution in [0.4, 0.5) is 5.69 Å². The summed E-state index contributed by atoms with van der Waals surface area (Å²) >= 11 is 0. The Morgan fingerprint density at radius 2 is 1.94 bits per heavy atom. The molecule has 2 heterocycles. The third kappa shape index (κ3) is 4.57. The van der Waals surface area contributed by atoms with Gasteiger partial charge in [-0.15, -0.1) is 0 Å². The van der Waals surface area contributed by atoms with E-state index in [2.05, 4.69) is 15.3 Å². The molecule has 1 aliphatic heterocycles. The minimum atomic E-state index is -0.330. The Labute approximate surface area is 191 Å². The molecule has 1 atom stereocenters. The van der Waals surface area contributed by atoms with Crippen molar-refractivity contribution < 1.29 is 14.3 Å². The number of carbonyl (C=O) groups is 2. The van der Waals surface area contributed by atoms with Crippen LogP contribution in [0.3, 0.4) is 0 Å². The van der Waals surface area contributed by atoms with Gasteiger partial charge < -0.3 is 19.9 Å². The molecule has 4 aromatic rings. The van der Waals surface area contributed by atoms with Crippen LogP contribution in [0, 0.1) is 0 Å². The largest absolute Gasteiger partial charge is 0.484 e. The van der Waals surface area contributed by atoms with Gasteiger partial charge >= 0.3 is 0 Å². The molecule has 166 valence electrons. The van der Waals surface area contributed by atoms with E-state index in [9.17, 15) is 9.59 Å². The van der Waals surface area contributed by atoms with Crippen LogP contribution in [0.1, 0.15) is 30.0 Å². The van der Waals surface area contributed by atoms with E-state index in [4.69, 9.17) is 4.74 Å². The first-order valence-corrected chi connectivity index (χ1v) is 11.0. The fourth-order valence-electron chi connectivity index (χ4n) is 4.15. The van der Waals surface area contributed by atoms with E-state index in [0.717, 1.165) is 34.3 Å². The molecule has 0 saturated carbocycles. The molecule has 0 spiro atoms. The fraction of sp³-hybridized carbons (Fsp3) is 0.192. The topological polar surface area (TPSA) is 87.3 Å². The van der Waals surface area contributed by atoms with Crippen LogP contribution in [0.5, 0.6) is 5.75 Å². The number of aromatic nitrogens is 2. The average molecular weight is 441 g/mol. The Bertz CT molecular complexity index is 1280. The van der Waals surface area contributed by atoms with Crippen molar-refractivity contribution in [3.8, 4) is 5.75 Å². The monoisotopic (exact) mass is 440 g/mol. The average Bonchev–Trinajstić information content (AvgIpc) is 3.50. The molecule has 7 nitrogen and oxygen atoms in total. The van der Waals surface area contributed by atoms with Gasteiger partial charge in [0.05, 0.1) is 23.4 Å². The van der Waals surface area contributed by atoms with Crippen molar-refractivity contribution in [2.24, 2.45) is 0 Å². The van der Waals surface area contributed by atoms with Gasteiger partial charge in [0, 0.05) is 24.7 Å². The number of hydrogen-bond donors (Lipinski definition) is 2. The molecule has 0 bridgehead atoms. The van der Waals surface area contributed by atoms with Crippen LogP contribution in [0.25, 0.3) is 11.0 Å². The lowest BCUT2D eigenvalue weighted by Gasteiger charge is -2.20. The van der Waals surface area contributed by atoms with Gasteiger partial charge in [-0.1, -0.05) is 42.5 Å². The van der Waals surface area contributed by atoms with Crippen molar-refractivity contribution >= 4 is 28.5 Å². The summed E-state index contributed by atoms with van der Waals surface area (Å²) < 4.78 is 5.77. The number of nitrogens with zero attached hydrogens (tertiary/aromatic N) is 2. The van der Waals surface area contributed by atoms with Crippen molar-refractivity contribution in [1.29, 1.82) is 0 Å². The number of rotatable bonds is 7. The smallest absolute Gasteiger partial charge is 0.258 e. The molecule has 0 radical (unpaired) electrons. The molecule has 1 saturated heterocycles. The molecular formula is C26H24N4O3. The molecule has 7 heteroatoms. The number of hydrogen-bond acceptors (Lipinski definition) is 4. The van der Waals surface area contributed by atoms with Gasteiger partial charge in [0.2, 0.25) is 5.91 Å². The Morgan fingerprint density at radius 1 is 1.06 bits per heavy atom. The standard InChI is InChI=1S/C26H24N4O3/c31-24(16-33-21-9-4-8-20(15-21)30-13-5-10-25(30)32)29-26(18-6-2-1-3-7-18)19-11-12-22-23(14-19)28-17-27-22/h1-4,6-9,11-12,14-15,17,26H,5,10,13,16H2,(H,27,28)(H,29,31)/t26-/m1/s1. The summed E-state index contributed by atoms with van der Waals surface area (Å²) in [6, 6.07) is 22.7. The van der Waals surface area contributed by atoms with Gasteiger partial charge in [0.25, 0.3) is 5.91 Å². The molecule has 1 aromatic heterocycles. The second kappa shape index (κ2) is 9.16. The highest BCUT2D eigenvalue weighted by Gasteiger charge is 2.22. The highest BCUT2D eigenvalue weighted by atomic mass is 16.5. The molecule has 5 rings (SSSR count). The number of anilines is 1. The first-order valence-electron chi connectivity index (χ1n) is 11.0.